The Morgan fingerprint density at radius 3 is 2.20 bits per heavy atom. The Balaban J connectivity index is 1.38. The van der Waals surface area contributed by atoms with E-state index in [1.807, 2.05) is 48.5 Å². The lowest BCUT2D eigenvalue weighted by atomic mass is 9.83. The van der Waals surface area contributed by atoms with E-state index in [9.17, 15) is 19.2 Å². The molecule has 3 fully saturated rings. The highest BCUT2D eigenvalue weighted by Crippen LogP contribution is 2.38. The van der Waals surface area contributed by atoms with Gasteiger partial charge in [0.1, 0.15) is 18.2 Å². The van der Waals surface area contributed by atoms with Gasteiger partial charge >= 0.3 is 12.2 Å². The van der Waals surface area contributed by atoms with Crippen LogP contribution < -0.4 is 10.6 Å². The Morgan fingerprint density at radius 2 is 1.55 bits per heavy atom. The first-order chi connectivity index (χ1) is 21.1. The van der Waals surface area contributed by atoms with E-state index >= 15 is 0 Å². The number of alkyl carbamates (subject to hydrolysis) is 1. The second kappa shape index (κ2) is 13.7. The van der Waals surface area contributed by atoms with Crippen molar-refractivity contribution in [3.05, 3.63) is 66.2 Å². The lowest BCUT2D eigenvalue weighted by Crippen LogP contribution is -2.56. The van der Waals surface area contributed by atoms with Crippen LogP contribution in [-0.2, 0) is 25.7 Å². The van der Waals surface area contributed by atoms with Crippen LogP contribution in [0, 0.1) is 11.8 Å². The van der Waals surface area contributed by atoms with Crippen LogP contribution in [0.4, 0.5) is 15.3 Å². The first-order valence-corrected chi connectivity index (χ1v) is 15.7. The highest BCUT2D eigenvalue weighted by Gasteiger charge is 2.55. The molecule has 2 saturated heterocycles. The first kappa shape index (κ1) is 31.3. The molecular formula is C34H44N4O6. The molecule has 5 rings (SSSR count). The average molecular weight is 605 g/mol. The van der Waals surface area contributed by atoms with Crippen LogP contribution >= 0.6 is 0 Å². The van der Waals surface area contributed by atoms with Crippen LogP contribution in [0.2, 0.25) is 0 Å². The summed E-state index contributed by atoms with van der Waals surface area (Å²) < 4.78 is 11.2. The third-order valence-corrected chi connectivity index (χ3v) is 8.79. The summed E-state index contributed by atoms with van der Waals surface area (Å²) in [6.07, 6.45) is 4.08. The van der Waals surface area contributed by atoms with Crippen molar-refractivity contribution in [2.45, 2.75) is 89.6 Å². The van der Waals surface area contributed by atoms with Crippen LogP contribution in [-0.4, -0.2) is 70.6 Å². The second-order valence-corrected chi connectivity index (χ2v) is 13.1. The highest BCUT2D eigenvalue weighted by atomic mass is 16.6. The fraction of sp³-hybridized carbons (Fsp3) is 0.529. The molecule has 0 unspecified atom stereocenters. The van der Waals surface area contributed by atoms with Gasteiger partial charge in [0.05, 0.1) is 18.0 Å². The fourth-order valence-electron chi connectivity index (χ4n) is 6.81. The van der Waals surface area contributed by atoms with Gasteiger partial charge in [-0.15, -0.1) is 0 Å². The quantitative estimate of drug-likeness (QED) is 0.441. The average Bonchev–Trinajstić information content (AvgIpc) is 3.60. The van der Waals surface area contributed by atoms with Crippen LogP contribution in [0.25, 0.3) is 0 Å². The van der Waals surface area contributed by atoms with Crippen molar-refractivity contribution < 1.29 is 28.7 Å². The number of nitrogens with zero attached hydrogens (tertiary/aromatic N) is 2. The fourth-order valence-corrected chi connectivity index (χ4v) is 6.81. The van der Waals surface area contributed by atoms with Crippen LogP contribution in [0.5, 0.6) is 0 Å². The molecule has 10 nitrogen and oxygen atoms in total. The molecule has 2 heterocycles. The zero-order chi connectivity index (χ0) is 31.3. The van der Waals surface area contributed by atoms with E-state index < -0.39 is 35.8 Å². The molecule has 2 N–H and O–H groups in total. The molecule has 2 aliphatic heterocycles. The van der Waals surface area contributed by atoms with Crippen molar-refractivity contribution in [3.8, 4) is 0 Å². The van der Waals surface area contributed by atoms with Crippen LogP contribution in [0.3, 0.4) is 0 Å². The third-order valence-electron chi connectivity index (χ3n) is 8.79. The number of benzene rings is 2. The number of fused-ring (bicyclic) bond motifs is 1. The number of anilines is 1. The topological polar surface area (TPSA) is 117 Å². The van der Waals surface area contributed by atoms with E-state index in [2.05, 4.69) is 10.6 Å². The summed E-state index contributed by atoms with van der Waals surface area (Å²) >= 11 is 0. The first-order valence-electron chi connectivity index (χ1n) is 15.7. The standard InChI is InChI=1S/C34H44N4O6/c1-34(2,3)44-32(41)36-28(24-15-9-5-10-16-24)31(40)37-20-19-27-29(37)26(30(39)35-25-17-11-6-12-18-25)21-38(27)33(42)43-22-23-13-7-4-8-14-23/h4,6-8,11-14,17-18,24,26-29H,5,9-10,15-16,19-22H2,1-3H3,(H,35,39)(H,36,41)/t26-,27+,28-,29+/m0/s1. The molecule has 10 heteroatoms. The highest BCUT2D eigenvalue weighted by molar-refractivity contribution is 5.95. The largest absolute Gasteiger partial charge is 0.445 e. The van der Waals surface area contributed by atoms with Gasteiger partial charge in [0.25, 0.3) is 0 Å². The van der Waals surface area contributed by atoms with Crippen molar-refractivity contribution in [1.29, 1.82) is 0 Å². The van der Waals surface area contributed by atoms with Gasteiger partial charge in [-0.2, -0.15) is 0 Å². The van der Waals surface area contributed by atoms with E-state index in [4.69, 9.17) is 9.47 Å². The van der Waals surface area contributed by atoms with Crippen molar-refractivity contribution in [2.75, 3.05) is 18.4 Å². The summed E-state index contributed by atoms with van der Waals surface area (Å²) in [4.78, 5) is 57.8. The molecule has 2 aromatic rings. The molecule has 236 valence electrons. The Morgan fingerprint density at radius 1 is 0.886 bits per heavy atom. The van der Waals surface area contributed by atoms with Gasteiger partial charge in [-0.25, -0.2) is 9.59 Å². The Bertz CT molecular complexity index is 1310. The van der Waals surface area contributed by atoms with Gasteiger partial charge in [-0.3, -0.25) is 9.59 Å². The lowest BCUT2D eigenvalue weighted by Gasteiger charge is -2.36. The SMILES string of the molecule is CC(C)(C)OC(=O)N[C@H](C(=O)N1CC[C@@H]2[C@H]1[C@@H](C(=O)Nc1ccccc1)CN2C(=O)OCc1ccccc1)C1CCCCC1. The molecule has 0 spiro atoms. The number of amides is 4. The minimum Gasteiger partial charge on any atom is -0.445 e. The van der Waals surface area contributed by atoms with E-state index in [1.54, 1.807) is 42.7 Å². The number of carbonyl (C=O) groups is 4. The number of hydrogen-bond donors (Lipinski definition) is 2. The molecule has 3 aliphatic rings. The van der Waals surface area contributed by atoms with E-state index in [0.717, 1.165) is 37.7 Å². The number of likely N-dealkylation sites (tertiary alicyclic amines) is 2. The zero-order valence-electron chi connectivity index (χ0n) is 25.9. The van der Waals surface area contributed by atoms with Crippen LogP contribution in [0.1, 0.15) is 64.9 Å². The van der Waals surface area contributed by atoms with Crippen molar-refractivity contribution in [1.82, 2.24) is 15.1 Å². The maximum atomic E-state index is 14.4. The maximum absolute atomic E-state index is 14.4. The molecule has 0 aromatic heterocycles. The van der Waals surface area contributed by atoms with Crippen molar-refractivity contribution >= 4 is 29.7 Å². The van der Waals surface area contributed by atoms with Gasteiger partial charge in [0, 0.05) is 18.8 Å². The summed E-state index contributed by atoms with van der Waals surface area (Å²) in [5, 5.41) is 5.88. The number of hydrogen-bond acceptors (Lipinski definition) is 6. The van der Waals surface area contributed by atoms with E-state index in [-0.39, 0.29) is 36.9 Å². The van der Waals surface area contributed by atoms with Gasteiger partial charge in [-0.1, -0.05) is 67.8 Å². The number of nitrogens with one attached hydrogen (secondary N) is 2. The number of para-hydroxylation sites is 1. The third kappa shape index (κ3) is 7.52. The molecule has 0 radical (unpaired) electrons. The molecule has 4 atom stereocenters. The number of carbonyl (C=O) groups excluding carboxylic acids is 4. The second-order valence-electron chi connectivity index (χ2n) is 13.1. The Kier molecular flexibility index (Phi) is 9.76. The monoisotopic (exact) mass is 604 g/mol. The summed E-state index contributed by atoms with van der Waals surface area (Å²) in [5.74, 6) is -1.21. The van der Waals surface area contributed by atoms with Crippen molar-refractivity contribution in [2.24, 2.45) is 11.8 Å². The molecule has 1 aliphatic carbocycles. The van der Waals surface area contributed by atoms with Gasteiger partial charge in [0.2, 0.25) is 11.8 Å². The summed E-state index contributed by atoms with van der Waals surface area (Å²) in [6, 6.07) is 16.9. The number of ether oxygens (including phenoxy) is 2. The normalized spacial score (nSPS) is 22.6. The molecule has 44 heavy (non-hydrogen) atoms. The summed E-state index contributed by atoms with van der Waals surface area (Å²) in [5.41, 5.74) is 0.791. The molecule has 2 aromatic carbocycles. The molecular weight excluding hydrogens is 560 g/mol. The summed E-state index contributed by atoms with van der Waals surface area (Å²) in [7, 11) is 0. The zero-order valence-corrected chi connectivity index (χ0v) is 25.9. The van der Waals surface area contributed by atoms with Crippen molar-refractivity contribution in [3.63, 3.8) is 0 Å². The van der Waals surface area contributed by atoms with Gasteiger partial charge in [0.15, 0.2) is 0 Å². The minimum atomic E-state index is -0.777. The van der Waals surface area contributed by atoms with Crippen LogP contribution in [0.15, 0.2) is 60.7 Å². The Hall–Kier alpha value is -4.08. The Labute approximate surface area is 259 Å². The molecule has 1 saturated carbocycles. The minimum absolute atomic E-state index is 0.0345. The molecule has 4 amide bonds. The van der Waals surface area contributed by atoms with Gasteiger partial charge < -0.3 is 29.9 Å². The van der Waals surface area contributed by atoms with Gasteiger partial charge in [-0.05, 0) is 63.6 Å². The predicted molar refractivity (Wildman–Crippen MR) is 166 cm³/mol. The summed E-state index contributed by atoms with van der Waals surface area (Å²) in [6.45, 7) is 5.96. The smallest absolute Gasteiger partial charge is 0.410 e. The molecule has 0 bridgehead atoms. The predicted octanol–water partition coefficient (Wildman–Crippen LogP) is 5.34. The maximum Gasteiger partial charge on any atom is 0.410 e. The lowest BCUT2D eigenvalue weighted by molar-refractivity contribution is -0.137. The van der Waals surface area contributed by atoms with E-state index in [1.165, 1.54) is 0 Å². The van der Waals surface area contributed by atoms with E-state index in [0.29, 0.717) is 18.7 Å². The number of rotatable bonds is 7.